The van der Waals surface area contributed by atoms with Crippen LogP contribution >= 0.6 is 22.9 Å². The number of nitrogens with one attached hydrogen (secondary N) is 1. The highest BCUT2D eigenvalue weighted by molar-refractivity contribution is 7.91. The highest BCUT2D eigenvalue weighted by atomic mass is 35.5. The van der Waals surface area contributed by atoms with Crippen LogP contribution in [0.1, 0.15) is 25.7 Å². The Bertz CT molecular complexity index is 500. The quantitative estimate of drug-likeness (QED) is 0.896. The molecule has 2 N–H and O–H groups in total. The fraction of sp³-hybridized carbons (Fsp3) is 0.636. The van der Waals surface area contributed by atoms with Gasteiger partial charge in [0.05, 0.1) is 10.4 Å². The summed E-state index contributed by atoms with van der Waals surface area (Å²) >= 11 is 6.76. The molecule has 4 nitrogen and oxygen atoms in total. The van der Waals surface area contributed by atoms with E-state index in [1.54, 1.807) is 6.07 Å². The first-order valence-corrected chi connectivity index (χ1v) is 8.60. The highest BCUT2D eigenvalue weighted by Gasteiger charge is 2.25. The van der Waals surface area contributed by atoms with Crippen LogP contribution in [0.2, 0.25) is 4.34 Å². The molecule has 1 aromatic rings. The van der Waals surface area contributed by atoms with E-state index in [4.69, 9.17) is 11.6 Å². The van der Waals surface area contributed by atoms with Crippen molar-refractivity contribution in [2.24, 2.45) is 5.92 Å². The zero-order chi connectivity index (χ0) is 13.2. The number of hydrogen-bond donors (Lipinski definition) is 2. The second-order valence-corrected chi connectivity index (χ2v) is 8.23. The van der Waals surface area contributed by atoms with Crippen molar-refractivity contribution in [1.82, 2.24) is 4.72 Å². The molecule has 1 saturated carbocycles. The summed E-state index contributed by atoms with van der Waals surface area (Å²) in [6.07, 6.45) is 3.30. The molecule has 0 radical (unpaired) electrons. The molecule has 0 aromatic carbocycles. The van der Waals surface area contributed by atoms with E-state index in [0.29, 0.717) is 10.9 Å². The first kappa shape index (κ1) is 14.3. The molecule has 0 amide bonds. The summed E-state index contributed by atoms with van der Waals surface area (Å²) in [6.45, 7) is 0.291. The molecule has 2 atom stereocenters. The molecule has 1 aliphatic carbocycles. The molecule has 1 aromatic heterocycles. The molecule has 102 valence electrons. The number of hydrogen-bond acceptors (Lipinski definition) is 4. The summed E-state index contributed by atoms with van der Waals surface area (Å²) in [7, 11) is -3.49. The Morgan fingerprint density at radius 2 is 2.11 bits per heavy atom. The van der Waals surface area contributed by atoms with Gasteiger partial charge in [-0.05, 0) is 30.9 Å². The van der Waals surface area contributed by atoms with Gasteiger partial charge in [0.15, 0.2) is 0 Å². The Labute approximate surface area is 116 Å². The van der Waals surface area contributed by atoms with Gasteiger partial charge in [0.1, 0.15) is 4.21 Å². The maximum atomic E-state index is 12.0. The molecule has 18 heavy (non-hydrogen) atoms. The van der Waals surface area contributed by atoms with Crippen molar-refractivity contribution in [3.05, 3.63) is 16.5 Å². The molecule has 2 unspecified atom stereocenters. The fourth-order valence-electron chi connectivity index (χ4n) is 2.16. The topological polar surface area (TPSA) is 66.4 Å². The Hall–Kier alpha value is -0.140. The van der Waals surface area contributed by atoms with E-state index in [0.717, 1.165) is 37.0 Å². The van der Waals surface area contributed by atoms with Crippen molar-refractivity contribution in [2.75, 3.05) is 6.54 Å². The molecule has 7 heteroatoms. The monoisotopic (exact) mass is 309 g/mol. The van der Waals surface area contributed by atoms with E-state index >= 15 is 0 Å². The summed E-state index contributed by atoms with van der Waals surface area (Å²) in [4.78, 5) is 0. The normalized spacial score (nSPS) is 25.2. The van der Waals surface area contributed by atoms with Gasteiger partial charge in [-0.2, -0.15) is 0 Å². The van der Waals surface area contributed by atoms with E-state index in [1.807, 2.05) is 0 Å². The van der Waals surface area contributed by atoms with Crippen molar-refractivity contribution in [3.8, 4) is 0 Å². The maximum absolute atomic E-state index is 12.0. The van der Waals surface area contributed by atoms with Gasteiger partial charge < -0.3 is 5.11 Å². The number of aliphatic hydroxyl groups excluding tert-OH is 1. The lowest BCUT2D eigenvalue weighted by molar-refractivity contribution is 0.0724. The average molecular weight is 310 g/mol. The smallest absolute Gasteiger partial charge is 0.250 e. The third-order valence-corrected chi connectivity index (χ3v) is 6.36. The van der Waals surface area contributed by atoms with Gasteiger partial charge >= 0.3 is 0 Å². The average Bonchev–Trinajstić information content (AvgIpc) is 2.76. The van der Waals surface area contributed by atoms with Crippen LogP contribution in [0.5, 0.6) is 0 Å². The summed E-state index contributed by atoms with van der Waals surface area (Å²) in [5.41, 5.74) is 0. The van der Waals surface area contributed by atoms with Gasteiger partial charge in [-0.15, -0.1) is 11.3 Å². The molecular formula is C11H16ClNO3S2. The molecule has 0 bridgehead atoms. The largest absolute Gasteiger partial charge is 0.393 e. The lowest BCUT2D eigenvalue weighted by Gasteiger charge is -2.27. The third-order valence-electron chi connectivity index (χ3n) is 3.22. The molecule has 0 aliphatic heterocycles. The summed E-state index contributed by atoms with van der Waals surface area (Å²) in [5.74, 6) is 0.0176. The zero-order valence-corrected chi connectivity index (χ0v) is 12.2. The van der Waals surface area contributed by atoms with Gasteiger partial charge in [0.2, 0.25) is 10.0 Å². The Kier molecular flexibility index (Phi) is 4.66. The number of aliphatic hydroxyl groups is 1. The number of thiophene rings is 1. The number of rotatable bonds is 4. The lowest BCUT2D eigenvalue weighted by atomic mass is 9.87. The lowest BCUT2D eigenvalue weighted by Crippen LogP contribution is -2.36. The van der Waals surface area contributed by atoms with Gasteiger partial charge in [-0.25, -0.2) is 13.1 Å². The second kappa shape index (κ2) is 5.88. The predicted molar refractivity (Wildman–Crippen MR) is 72.5 cm³/mol. The molecule has 0 spiro atoms. The standard InChI is InChI=1S/C11H16ClNO3S2/c12-10-5-6-11(17-10)18(15,16)13-7-8-3-1-2-4-9(8)14/h5-6,8-9,13-14H,1-4,7H2. The molecule has 1 heterocycles. The Morgan fingerprint density at radius 1 is 1.39 bits per heavy atom. The van der Waals surface area contributed by atoms with E-state index in [9.17, 15) is 13.5 Å². The van der Waals surface area contributed by atoms with Crippen molar-refractivity contribution in [3.63, 3.8) is 0 Å². The van der Waals surface area contributed by atoms with Crippen molar-refractivity contribution in [1.29, 1.82) is 0 Å². The van der Waals surface area contributed by atoms with Crippen LogP contribution in [0.3, 0.4) is 0 Å². The molecule has 1 aliphatic rings. The van der Waals surface area contributed by atoms with Gasteiger partial charge in [0, 0.05) is 6.54 Å². The van der Waals surface area contributed by atoms with Crippen molar-refractivity contribution >= 4 is 33.0 Å². The van der Waals surface area contributed by atoms with E-state index in [-0.39, 0.29) is 10.1 Å². The second-order valence-electron chi connectivity index (χ2n) is 4.52. The van der Waals surface area contributed by atoms with Crippen LogP contribution < -0.4 is 4.72 Å². The zero-order valence-electron chi connectivity index (χ0n) is 9.80. The summed E-state index contributed by atoms with van der Waals surface area (Å²) in [6, 6.07) is 3.06. The van der Waals surface area contributed by atoms with E-state index < -0.39 is 16.1 Å². The first-order valence-electron chi connectivity index (χ1n) is 5.92. The molecular weight excluding hydrogens is 294 g/mol. The fourth-order valence-corrected chi connectivity index (χ4v) is 4.78. The van der Waals surface area contributed by atoms with Crippen molar-refractivity contribution in [2.45, 2.75) is 36.0 Å². The van der Waals surface area contributed by atoms with Crippen LogP contribution in [-0.2, 0) is 10.0 Å². The minimum atomic E-state index is -3.49. The minimum Gasteiger partial charge on any atom is -0.393 e. The number of sulfonamides is 1. The van der Waals surface area contributed by atoms with Crippen LogP contribution in [0.4, 0.5) is 0 Å². The van der Waals surface area contributed by atoms with E-state index in [1.165, 1.54) is 6.07 Å². The van der Waals surface area contributed by atoms with E-state index in [2.05, 4.69) is 4.72 Å². The minimum absolute atomic E-state index is 0.0176. The van der Waals surface area contributed by atoms with Gasteiger partial charge in [-0.3, -0.25) is 0 Å². The summed E-state index contributed by atoms with van der Waals surface area (Å²) in [5, 5.41) is 9.79. The Morgan fingerprint density at radius 3 is 2.72 bits per heavy atom. The van der Waals surface area contributed by atoms with Crippen LogP contribution in [0, 0.1) is 5.92 Å². The van der Waals surface area contributed by atoms with Crippen LogP contribution in [0.25, 0.3) is 0 Å². The predicted octanol–water partition coefficient (Wildman–Crippen LogP) is 2.23. The molecule has 1 fully saturated rings. The van der Waals surface area contributed by atoms with Gasteiger partial charge in [-0.1, -0.05) is 24.4 Å². The highest BCUT2D eigenvalue weighted by Crippen LogP contribution is 2.27. The molecule has 2 rings (SSSR count). The SMILES string of the molecule is O=S(=O)(NCC1CCCCC1O)c1ccc(Cl)s1. The first-order chi connectivity index (χ1) is 8.49. The van der Waals surface area contributed by atoms with Crippen LogP contribution in [0.15, 0.2) is 16.3 Å². The van der Waals surface area contributed by atoms with Crippen LogP contribution in [-0.4, -0.2) is 26.2 Å². The summed E-state index contributed by atoms with van der Waals surface area (Å²) < 4.78 is 27.1. The third kappa shape index (κ3) is 3.45. The maximum Gasteiger partial charge on any atom is 0.250 e. The molecule has 0 saturated heterocycles. The number of halogens is 1. The van der Waals surface area contributed by atoms with Crippen molar-refractivity contribution < 1.29 is 13.5 Å². The Balaban J connectivity index is 1.96. The van der Waals surface area contributed by atoms with Gasteiger partial charge in [0.25, 0.3) is 0 Å².